The molecule has 2 aliphatic heterocycles. The summed E-state index contributed by atoms with van der Waals surface area (Å²) in [4.78, 5) is 29.7. The quantitative estimate of drug-likeness (QED) is 0.566. The molecule has 2 saturated heterocycles. The van der Waals surface area contributed by atoms with E-state index in [0.717, 1.165) is 5.56 Å². The Morgan fingerprint density at radius 2 is 1.89 bits per heavy atom. The van der Waals surface area contributed by atoms with Gasteiger partial charge < -0.3 is 24.8 Å². The lowest BCUT2D eigenvalue weighted by Crippen LogP contribution is -2.55. The maximum Gasteiger partial charge on any atom is 0.410 e. The zero-order valence-corrected chi connectivity index (χ0v) is 20.1. The summed E-state index contributed by atoms with van der Waals surface area (Å²) in [5, 5.41) is 0. The summed E-state index contributed by atoms with van der Waals surface area (Å²) in [5.74, 6) is 2.12. The second-order valence-electron chi connectivity index (χ2n) is 8.93. The number of ether oxygens (including phenoxy) is 3. The van der Waals surface area contributed by atoms with Gasteiger partial charge in [0.05, 0.1) is 24.7 Å². The molecule has 2 aromatic carbocycles. The SMILES string of the molecule is C#CCO[C@H](C)[C@H](N)C(=O)N1CC[C@@H]2[C@H]1[C@@H](Oc1ccc(F)cc1)CN2C(=O)OCc1ccccc1. The lowest BCUT2D eigenvalue weighted by molar-refractivity contribution is -0.137. The Labute approximate surface area is 210 Å². The first-order chi connectivity index (χ1) is 17.4. The molecule has 8 nitrogen and oxygen atoms in total. The van der Waals surface area contributed by atoms with E-state index < -0.39 is 30.4 Å². The molecule has 0 aromatic heterocycles. The minimum absolute atomic E-state index is 0.0472. The number of hydrogen-bond donors (Lipinski definition) is 1. The van der Waals surface area contributed by atoms with Crippen LogP contribution in [0.25, 0.3) is 0 Å². The van der Waals surface area contributed by atoms with Gasteiger partial charge in [-0.2, -0.15) is 0 Å². The summed E-state index contributed by atoms with van der Waals surface area (Å²) in [6.07, 6.45) is 4.18. The van der Waals surface area contributed by atoms with Crippen molar-refractivity contribution in [1.29, 1.82) is 0 Å². The van der Waals surface area contributed by atoms with Crippen molar-refractivity contribution in [3.8, 4) is 18.1 Å². The van der Waals surface area contributed by atoms with E-state index in [0.29, 0.717) is 18.7 Å². The van der Waals surface area contributed by atoms with Crippen molar-refractivity contribution in [2.75, 3.05) is 19.7 Å². The molecule has 0 bridgehead atoms. The van der Waals surface area contributed by atoms with Gasteiger partial charge in [0, 0.05) is 6.54 Å². The molecule has 2 fully saturated rings. The van der Waals surface area contributed by atoms with Gasteiger partial charge in [0.1, 0.15) is 36.9 Å². The summed E-state index contributed by atoms with van der Waals surface area (Å²) < 4.78 is 30.6. The normalized spacial score (nSPS) is 22.4. The fourth-order valence-electron chi connectivity index (χ4n) is 4.76. The van der Waals surface area contributed by atoms with Crippen molar-refractivity contribution in [2.24, 2.45) is 5.73 Å². The van der Waals surface area contributed by atoms with Crippen LogP contribution in [0.2, 0.25) is 0 Å². The third-order valence-corrected chi connectivity index (χ3v) is 6.62. The minimum atomic E-state index is -0.928. The number of likely N-dealkylation sites (tertiary alicyclic amines) is 2. The molecule has 2 aromatic rings. The number of halogens is 1. The first-order valence-electron chi connectivity index (χ1n) is 11.9. The third-order valence-electron chi connectivity index (χ3n) is 6.62. The number of amides is 2. The van der Waals surface area contributed by atoms with E-state index in [1.54, 1.807) is 16.7 Å². The Balaban J connectivity index is 1.51. The monoisotopic (exact) mass is 495 g/mol. The van der Waals surface area contributed by atoms with E-state index in [1.165, 1.54) is 24.3 Å². The number of terminal acetylenes is 1. The van der Waals surface area contributed by atoms with Gasteiger partial charge in [-0.3, -0.25) is 9.69 Å². The number of nitrogens with zero attached hydrogens (tertiary/aromatic N) is 2. The predicted octanol–water partition coefficient (Wildman–Crippen LogP) is 2.56. The van der Waals surface area contributed by atoms with Gasteiger partial charge >= 0.3 is 6.09 Å². The first-order valence-corrected chi connectivity index (χ1v) is 11.9. The molecule has 36 heavy (non-hydrogen) atoms. The summed E-state index contributed by atoms with van der Waals surface area (Å²) >= 11 is 0. The van der Waals surface area contributed by atoms with Gasteiger partial charge in [-0.25, -0.2) is 9.18 Å². The molecule has 2 amide bonds. The third kappa shape index (κ3) is 5.61. The average Bonchev–Trinajstić information content (AvgIpc) is 3.48. The van der Waals surface area contributed by atoms with Crippen LogP contribution in [0.3, 0.4) is 0 Å². The van der Waals surface area contributed by atoms with E-state index in [4.69, 9.17) is 26.4 Å². The fraction of sp³-hybridized carbons (Fsp3) is 0.407. The molecule has 5 atom stereocenters. The number of benzene rings is 2. The number of carbonyl (C=O) groups is 2. The molecule has 2 heterocycles. The van der Waals surface area contributed by atoms with Crippen molar-refractivity contribution in [2.45, 2.75) is 50.3 Å². The number of carbonyl (C=O) groups excluding carboxylic acids is 2. The number of nitrogens with two attached hydrogens (primary N) is 1. The summed E-state index contributed by atoms with van der Waals surface area (Å²) in [5.41, 5.74) is 7.08. The van der Waals surface area contributed by atoms with Gasteiger partial charge in [-0.1, -0.05) is 36.3 Å². The zero-order valence-electron chi connectivity index (χ0n) is 20.1. The van der Waals surface area contributed by atoms with Gasteiger partial charge in [-0.15, -0.1) is 6.42 Å². The number of rotatable bonds is 8. The van der Waals surface area contributed by atoms with Crippen LogP contribution in [0, 0.1) is 18.2 Å². The second-order valence-corrected chi connectivity index (χ2v) is 8.93. The van der Waals surface area contributed by atoms with Crippen LogP contribution in [0.15, 0.2) is 54.6 Å². The first kappa shape index (κ1) is 25.5. The lowest BCUT2D eigenvalue weighted by atomic mass is 10.1. The van der Waals surface area contributed by atoms with Crippen LogP contribution in [0.4, 0.5) is 9.18 Å². The summed E-state index contributed by atoms with van der Waals surface area (Å²) in [6, 6.07) is 13.3. The number of hydrogen-bond acceptors (Lipinski definition) is 6. The topological polar surface area (TPSA) is 94.3 Å². The highest BCUT2D eigenvalue weighted by Crippen LogP contribution is 2.35. The molecule has 0 aliphatic carbocycles. The second kappa shape index (κ2) is 11.4. The Kier molecular flexibility index (Phi) is 8.08. The Bertz CT molecular complexity index is 1090. The fourth-order valence-corrected chi connectivity index (χ4v) is 4.76. The molecular formula is C27H30FN3O5. The van der Waals surface area contributed by atoms with E-state index in [2.05, 4.69) is 5.92 Å². The maximum atomic E-state index is 13.4. The number of fused-ring (bicyclic) bond motifs is 1. The largest absolute Gasteiger partial charge is 0.486 e. The van der Waals surface area contributed by atoms with Gasteiger partial charge in [0.25, 0.3) is 0 Å². The highest BCUT2D eigenvalue weighted by Gasteiger charge is 2.54. The van der Waals surface area contributed by atoms with Gasteiger partial charge in [0.2, 0.25) is 5.91 Å². The molecule has 9 heteroatoms. The van der Waals surface area contributed by atoms with E-state index >= 15 is 0 Å². The molecule has 2 aliphatic rings. The Hall–Kier alpha value is -3.61. The molecule has 2 N–H and O–H groups in total. The van der Waals surface area contributed by atoms with Crippen LogP contribution in [-0.4, -0.2) is 71.8 Å². The Morgan fingerprint density at radius 1 is 1.17 bits per heavy atom. The lowest BCUT2D eigenvalue weighted by Gasteiger charge is -2.32. The summed E-state index contributed by atoms with van der Waals surface area (Å²) in [7, 11) is 0. The van der Waals surface area contributed by atoms with Crippen LogP contribution in [0.5, 0.6) is 5.75 Å². The average molecular weight is 496 g/mol. The summed E-state index contributed by atoms with van der Waals surface area (Å²) in [6.45, 7) is 2.49. The highest BCUT2D eigenvalue weighted by molar-refractivity contribution is 5.83. The predicted molar refractivity (Wildman–Crippen MR) is 130 cm³/mol. The van der Waals surface area contributed by atoms with Crippen molar-refractivity contribution in [1.82, 2.24) is 9.80 Å². The van der Waals surface area contributed by atoms with Crippen LogP contribution >= 0.6 is 0 Å². The van der Waals surface area contributed by atoms with E-state index in [-0.39, 0.29) is 37.5 Å². The molecule has 0 radical (unpaired) electrons. The standard InChI is InChI=1S/C27H30FN3O5/c1-3-15-34-18(2)24(29)26(32)30-14-13-22-25(30)23(36-21-11-9-20(28)10-12-21)16-31(22)27(33)35-17-19-7-5-4-6-8-19/h1,4-12,18,22-25H,13-17,29H2,2H3/t18-,22-,23+,24+,25+/m1/s1. The molecule has 0 unspecified atom stereocenters. The minimum Gasteiger partial charge on any atom is -0.486 e. The molecule has 0 spiro atoms. The van der Waals surface area contributed by atoms with Crippen LogP contribution < -0.4 is 10.5 Å². The molecule has 0 saturated carbocycles. The van der Waals surface area contributed by atoms with E-state index in [9.17, 15) is 14.0 Å². The van der Waals surface area contributed by atoms with Crippen molar-refractivity contribution >= 4 is 12.0 Å². The van der Waals surface area contributed by atoms with Crippen molar-refractivity contribution in [3.05, 3.63) is 66.0 Å². The molecular weight excluding hydrogens is 465 g/mol. The van der Waals surface area contributed by atoms with Crippen molar-refractivity contribution in [3.63, 3.8) is 0 Å². The molecule has 190 valence electrons. The Morgan fingerprint density at radius 3 is 2.58 bits per heavy atom. The van der Waals surface area contributed by atoms with Crippen LogP contribution in [-0.2, 0) is 20.9 Å². The van der Waals surface area contributed by atoms with Crippen molar-refractivity contribution < 1.29 is 28.2 Å². The van der Waals surface area contributed by atoms with Crippen LogP contribution in [0.1, 0.15) is 18.9 Å². The van der Waals surface area contributed by atoms with Gasteiger partial charge in [-0.05, 0) is 43.2 Å². The molecule has 4 rings (SSSR count). The zero-order chi connectivity index (χ0) is 25.7. The van der Waals surface area contributed by atoms with E-state index in [1.807, 2.05) is 30.3 Å². The van der Waals surface area contributed by atoms with Gasteiger partial charge in [0.15, 0.2) is 0 Å². The smallest absolute Gasteiger partial charge is 0.410 e. The highest BCUT2D eigenvalue weighted by atomic mass is 19.1. The maximum absolute atomic E-state index is 13.4.